The molecule has 0 aliphatic heterocycles. The summed E-state index contributed by atoms with van der Waals surface area (Å²) < 4.78 is 2.19. The van der Waals surface area contributed by atoms with E-state index in [4.69, 9.17) is 5.11 Å². The van der Waals surface area contributed by atoms with Crippen LogP contribution < -0.4 is 0 Å². The van der Waals surface area contributed by atoms with E-state index in [1.165, 1.54) is 34.9 Å². The van der Waals surface area contributed by atoms with Crippen molar-refractivity contribution in [3.8, 4) is 5.69 Å². The zero-order valence-corrected chi connectivity index (χ0v) is 15.5. The van der Waals surface area contributed by atoms with Crippen LogP contribution in [0.5, 0.6) is 0 Å². The van der Waals surface area contributed by atoms with Gasteiger partial charge in [-0.2, -0.15) is 0 Å². The van der Waals surface area contributed by atoms with Gasteiger partial charge in [-0.05, 0) is 48.5 Å². The van der Waals surface area contributed by atoms with Crippen molar-refractivity contribution in [3.05, 3.63) is 60.6 Å². The van der Waals surface area contributed by atoms with Gasteiger partial charge in [-0.3, -0.25) is 4.57 Å². The Morgan fingerprint density at radius 3 is 2.52 bits per heavy atom. The van der Waals surface area contributed by atoms with Crippen LogP contribution in [0.4, 0.5) is 0 Å². The number of benzene rings is 2. The molecule has 0 bridgehead atoms. The Bertz CT molecular complexity index is 884. The Balaban J connectivity index is 0.000000569. The average molecular weight is 353 g/mol. The van der Waals surface area contributed by atoms with Gasteiger partial charge >= 0.3 is 0 Å². The molecule has 1 N–H and O–H groups in total. The molecule has 0 atom stereocenters. The van der Waals surface area contributed by atoms with Crippen molar-refractivity contribution in [1.82, 2.24) is 14.8 Å². The first-order valence-electron chi connectivity index (χ1n) is 8.53. The predicted octanol–water partition coefficient (Wildman–Crippen LogP) is 5.41. The number of nitrogens with zero attached hydrogens (tertiary/aromatic N) is 3. The monoisotopic (exact) mass is 353 g/mol. The molecule has 4 nitrogen and oxygen atoms in total. The molecule has 130 valence electrons. The van der Waals surface area contributed by atoms with Crippen LogP contribution in [0, 0.1) is 6.92 Å². The molecule has 1 fully saturated rings. The van der Waals surface area contributed by atoms with Crippen LogP contribution in [0.2, 0.25) is 0 Å². The third-order valence-electron chi connectivity index (χ3n) is 4.26. The fourth-order valence-electron chi connectivity index (χ4n) is 3.09. The Kier molecular flexibility index (Phi) is 5.43. The zero-order valence-electron chi connectivity index (χ0n) is 14.6. The van der Waals surface area contributed by atoms with Crippen LogP contribution in [0.1, 0.15) is 37.1 Å². The van der Waals surface area contributed by atoms with Gasteiger partial charge in [0.15, 0.2) is 5.16 Å². The van der Waals surface area contributed by atoms with E-state index in [0.717, 1.165) is 28.9 Å². The highest BCUT2D eigenvalue weighted by atomic mass is 32.2. The number of fused-ring (bicyclic) bond motifs is 1. The van der Waals surface area contributed by atoms with E-state index in [2.05, 4.69) is 64.7 Å². The summed E-state index contributed by atoms with van der Waals surface area (Å²) in [5.74, 6) is 2.70. The van der Waals surface area contributed by atoms with Crippen LogP contribution >= 0.6 is 11.8 Å². The molecule has 0 unspecified atom stereocenters. The molecule has 0 amide bonds. The zero-order chi connectivity index (χ0) is 17.8. The van der Waals surface area contributed by atoms with E-state index in [0.29, 0.717) is 0 Å². The average Bonchev–Trinajstić information content (AvgIpc) is 3.40. The first-order valence-corrected chi connectivity index (χ1v) is 9.51. The molecule has 0 radical (unpaired) electrons. The van der Waals surface area contributed by atoms with Gasteiger partial charge in [-0.25, -0.2) is 0 Å². The number of rotatable bonds is 4. The molecule has 0 spiro atoms. The van der Waals surface area contributed by atoms with E-state index in [1.54, 1.807) is 11.8 Å². The van der Waals surface area contributed by atoms with Crippen molar-refractivity contribution >= 4 is 22.5 Å². The Labute approximate surface area is 152 Å². The van der Waals surface area contributed by atoms with E-state index in [1.807, 2.05) is 6.92 Å². The largest absolute Gasteiger partial charge is 0.516 e. The first-order chi connectivity index (χ1) is 12.2. The molecule has 2 aromatic carbocycles. The second kappa shape index (κ2) is 7.74. The number of aryl methyl sites for hydroxylation is 1. The first kappa shape index (κ1) is 17.5. The standard InChI is InChI=1S/C18H19N3S.C2H4O/c1-3-22-18-20-19-12(2)21(18)17-11-10-14(13-8-9-13)15-6-4-5-7-16(15)17;1-2-3/h4-7,10-11,13H,3,8-9H2,1-2H3;2-3H,1H2. The van der Waals surface area contributed by atoms with E-state index < -0.39 is 0 Å². The molecular formula is C20H23N3OS. The molecule has 1 saturated carbocycles. The summed E-state index contributed by atoms with van der Waals surface area (Å²) >= 11 is 1.74. The van der Waals surface area contributed by atoms with E-state index in [9.17, 15) is 0 Å². The fraction of sp³-hybridized carbons (Fsp3) is 0.300. The molecule has 1 aliphatic carbocycles. The second-order valence-electron chi connectivity index (χ2n) is 5.97. The number of aliphatic hydroxyl groups excluding tert-OH is 1. The van der Waals surface area contributed by atoms with Crippen molar-refractivity contribution in [2.24, 2.45) is 0 Å². The van der Waals surface area contributed by atoms with Crippen LogP contribution in [0.25, 0.3) is 16.5 Å². The Morgan fingerprint density at radius 2 is 1.88 bits per heavy atom. The molecule has 3 aromatic rings. The SMILES string of the molecule is C=CO.CCSc1nnc(C)n1-c1ccc(C2CC2)c2ccccc12. The third kappa shape index (κ3) is 3.56. The summed E-state index contributed by atoms with van der Waals surface area (Å²) in [7, 11) is 0. The van der Waals surface area contributed by atoms with Gasteiger partial charge in [0.05, 0.1) is 11.9 Å². The van der Waals surface area contributed by atoms with Gasteiger partial charge in [-0.1, -0.05) is 55.6 Å². The number of aliphatic hydroxyl groups is 1. The maximum Gasteiger partial charge on any atom is 0.195 e. The van der Waals surface area contributed by atoms with Gasteiger partial charge in [0.25, 0.3) is 0 Å². The van der Waals surface area contributed by atoms with Gasteiger partial charge in [0, 0.05) is 5.39 Å². The lowest BCUT2D eigenvalue weighted by Gasteiger charge is -2.14. The minimum atomic E-state index is 0.750. The summed E-state index contributed by atoms with van der Waals surface area (Å²) in [5.41, 5.74) is 2.69. The Hall–Kier alpha value is -2.27. The minimum Gasteiger partial charge on any atom is -0.516 e. The molecule has 1 heterocycles. The summed E-state index contributed by atoms with van der Waals surface area (Å²) in [5, 5.41) is 19.6. The van der Waals surface area contributed by atoms with Crippen LogP contribution in [0.15, 0.2) is 54.4 Å². The van der Waals surface area contributed by atoms with Gasteiger partial charge in [0.1, 0.15) is 5.82 Å². The van der Waals surface area contributed by atoms with Crippen molar-refractivity contribution in [2.45, 2.75) is 37.8 Å². The van der Waals surface area contributed by atoms with Gasteiger partial charge in [-0.15, -0.1) is 10.2 Å². The summed E-state index contributed by atoms with van der Waals surface area (Å²) in [6.45, 7) is 7.09. The molecule has 25 heavy (non-hydrogen) atoms. The molecule has 4 rings (SSSR count). The summed E-state index contributed by atoms with van der Waals surface area (Å²) in [4.78, 5) is 0. The smallest absolute Gasteiger partial charge is 0.195 e. The summed E-state index contributed by atoms with van der Waals surface area (Å²) in [6, 6.07) is 13.3. The summed E-state index contributed by atoms with van der Waals surface area (Å²) in [6.07, 6.45) is 3.40. The fourth-order valence-corrected chi connectivity index (χ4v) is 3.81. The van der Waals surface area contributed by atoms with Crippen molar-refractivity contribution in [2.75, 3.05) is 5.75 Å². The van der Waals surface area contributed by atoms with Crippen molar-refractivity contribution in [3.63, 3.8) is 0 Å². The maximum atomic E-state index is 7.33. The van der Waals surface area contributed by atoms with E-state index >= 15 is 0 Å². The van der Waals surface area contributed by atoms with Gasteiger partial charge in [0.2, 0.25) is 0 Å². The number of hydrogen-bond donors (Lipinski definition) is 1. The highest BCUT2D eigenvalue weighted by Crippen LogP contribution is 2.44. The van der Waals surface area contributed by atoms with Crippen molar-refractivity contribution in [1.29, 1.82) is 0 Å². The topological polar surface area (TPSA) is 50.9 Å². The molecule has 5 heteroatoms. The van der Waals surface area contributed by atoms with Crippen LogP contribution in [0.3, 0.4) is 0 Å². The highest BCUT2D eigenvalue weighted by molar-refractivity contribution is 7.99. The van der Waals surface area contributed by atoms with Crippen LogP contribution in [-0.4, -0.2) is 25.6 Å². The number of thioether (sulfide) groups is 1. The maximum absolute atomic E-state index is 7.33. The minimum absolute atomic E-state index is 0.750. The molecule has 1 aliphatic rings. The normalized spacial score (nSPS) is 13.4. The van der Waals surface area contributed by atoms with Gasteiger partial charge < -0.3 is 5.11 Å². The highest BCUT2D eigenvalue weighted by Gasteiger charge is 2.26. The third-order valence-corrected chi connectivity index (χ3v) is 5.07. The lowest BCUT2D eigenvalue weighted by atomic mass is 9.99. The van der Waals surface area contributed by atoms with E-state index in [-0.39, 0.29) is 0 Å². The molecular weight excluding hydrogens is 330 g/mol. The molecule has 0 saturated heterocycles. The molecule has 1 aromatic heterocycles. The lowest BCUT2D eigenvalue weighted by Crippen LogP contribution is -2.01. The number of hydrogen-bond acceptors (Lipinski definition) is 4. The Morgan fingerprint density at radius 1 is 1.20 bits per heavy atom. The lowest BCUT2D eigenvalue weighted by molar-refractivity contribution is 0.476. The second-order valence-corrected chi connectivity index (χ2v) is 7.21. The van der Waals surface area contributed by atoms with Crippen molar-refractivity contribution < 1.29 is 5.11 Å². The number of aromatic nitrogens is 3. The van der Waals surface area contributed by atoms with Crippen LogP contribution in [-0.2, 0) is 0 Å². The predicted molar refractivity (Wildman–Crippen MR) is 105 cm³/mol. The quantitative estimate of drug-likeness (QED) is 0.503.